The second-order valence-electron chi connectivity index (χ2n) is 9.84. The van der Waals surface area contributed by atoms with Crippen LogP contribution in [0.1, 0.15) is 25.8 Å². The van der Waals surface area contributed by atoms with E-state index in [-0.39, 0.29) is 5.91 Å². The lowest BCUT2D eigenvalue weighted by Gasteiger charge is -2.35. The maximum atomic E-state index is 12.4. The first-order valence-electron chi connectivity index (χ1n) is 12.8. The predicted molar refractivity (Wildman–Crippen MR) is 142 cm³/mol. The molecule has 0 aliphatic carbocycles. The molecule has 11 heteroatoms. The predicted octanol–water partition coefficient (Wildman–Crippen LogP) is 2.87. The normalized spacial score (nSPS) is 13.9. The van der Waals surface area contributed by atoms with E-state index in [4.69, 9.17) is 9.72 Å². The molecular formula is C27H31N9O2. The van der Waals surface area contributed by atoms with E-state index in [1.165, 1.54) is 0 Å². The number of pyridine rings is 2. The van der Waals surface area contributed by atoms with Crippen LogP contribution in [0.4, 0.5) is 5.82 Å². The van der Waals surface area contributed by atoms with Crippen molar-refractivity contribution in [1.82, 2.24) is 34.5 Å². The van der Waals surface area contributed by atoms with E-state index in [0.717, 1.165) is 41.1 Å². The SMILES string of the molecule is COCCn1cc(-c2cc(-c3ccc(N4CCN(C(=O)CC(C)C)CC4)nc3)c3c(C#N)cnn3c2)nn1. The van der Waals surface area contributed by atoms with Crippen LogP contribution in [-0.2, 0) is 16.1 Å². The Balaban J connectivity index is 1.40. The van der Waals surface area contributed by atoms with Gasteiger partial charge in [0.1, 0.15) is 17.6 Å². The monoisotopic (exact) mass is 513 g/mol. The molecule has 1 aliphatic rings. The Morgan fingerprint density at radius 3 is 2.63 bits per heavy atom. The molecule has 5 rings (SSSR count). The lowest BCUT2D eigenvalue weighted by molar-refractivity contribution is -0.132. The van der Waals surface area contributed by atoms with Gasteiger partial charge in [-0.15, -0.1) is 5.10 Å². The molecule has 11 nitrogen and oxygen atoms in total. The third-order valence-electron chi connectivity index (χ3n) is 6.69. The fourth-order valence-electron chi connectivity index (χ4n) is 4.68. The minimum atomic E-state index is 0.222. The largest absolute Gasteiger partial charge is 0.383 e. The van der Waals surface area contributed by atoms with Gasteiger partial charge in [0.15, 0.2) is 0 Å². The van der Waals surface area contributed by atoms with E-state index in [9.17, 15) is 10.1 Å². The van der Waals surface area contributed by atoms with Crippen molar-refractivity contribution >= 4 is 17.2 Å². The van der Waals surface area contributed by atoms with Crippen LogP contribution in [0.5, 0.6) is 0 Å². The molecule has 0 N–H and O–H groups in total. The molecule has 0 saturated carbocycles. The fraction of sp³-hybridized carbons (Fsp3) is 0.407. The van der Waals surface area contributed by atoms with Crippen LogP contribution in [0.2, 0.25) is 0 Å². The summed E-state index contributed by atoms with van der Waals surface area (Å²) in [6.45, 7) is 8.17. The van der Waals surface area contributed by atoms with Crippen LogP contribution in [0, 0.1) is 17.2 Å². The topological polar surface area (TPSA) is 117 Å². The molecule has 4 aromatic heterocycles. The van der Waals surface area contributed by atoms with Gasteiger partial charge in [0, 0.05) is 68.8 Å². The zero-order chi connectivity index (χ0) is 26.6. The van der Waals surface area contributed by atoms with Crippen LogP contribution < -0.4 is 4.90 Å². The Hall–Kier alpha value is -4.30. The smallest absolute Gasteiger partial charge is 0.222 e. The average molecular weight is 514 g/mol. The minimum absolute atomic E-state index is 0.222. The van der Waals surface area contributed by atoms with Crippen LogP contribution in [0.15, 0.2) is 43.0 Å². The molecule has 1 aliphatic heterocycles. The minimum Gasteiger partial charge on any atom is -0.383 e. The van der Waals surface area contributed by atoms with Crippen molar-refractivity contribution in [2.24, 2.45) is 5.92 Å². The number of hydrogen-bond acceptors (Lipinski definition) is 8. The van der Waals surface area contributed by atoms with E-state index < -0.39 is 0 Å². The van der Waals surface area contributed by atoms with Gasteiger partial charge >= 0.3 is 0 Å². The summed E-state index contributed by atoms with van der Waals surface area (Å²) in [5, 5.41) is 22.6. The number of carbonyl (C=O) groups excluding carboxylic acids is 1. The summed E-state index contributed by atoms with van der Waals surface area (Å²) in [7, 11) is 1.65. The van der Waals surface area contributed by atoms with Gasteiger partial charge < -0.3 is 14.5 Å². The van der Waals surface area contributed by atoms with Gasteiger partial charge in [-0.05, 0) is 24.1 Å². The number of amides is 1. The van der Waals surface area contributed by atoms with Crippen LogP contribution in [0.25, 0.3) is 27.9 Å². The molecule has 38 heavy (non-hydrogen) atoms. The number of carbonyl (C=O) groups is 1. The van der Waals surface area contributed by atoms with E-state index in [1.54, 1.807) is 22.5 Å². The summed E-state index contributed by atoms with van der Waals surface area (Å²) in [4.78, 5) is 21.3. The summed E-state index contributed by atoms with van der Waals surface area (Å²) >= 11 is 0. The number of nitriles is 1. The van der Waals surface area contributed by atoms with Gasteiger partial charge in [-0.1, -0.05) is 19.1 Å². The number of methoxy groups -OCH3 is 1. The summed E-state index contributed by atoms with van der Waals surface area (Å²) < 4.78 is 8.57. The van der Waals surface area contributed by atoms with Gasteiger partial charge in [0.25, 0.3) is 0 Å². The van der Waals surface area contributed by atoms with Crippen molar-refractivity contribution < 1.29 is 9.53 Å². The van der Waals surface area contributed by atoms with Crippen molar-refractivity contribution in [2.45, 2.75) is 26.8 Å². The highest BCUT2D eigenvalue weighted by Crippen LogP contribution is 2.32. The number of aromatic nitrogens is 6. The van der Waals surface area contributed by atoms with Crippen LogP contribution >= 0.6 is 0 Å². The lowest BCUT2D eigenvalue weighted by atomic mass is 10.0. The van der Waals surface area contributed by atoms with Crippen molar-refractivity contribution in [3.8, 4) is 28.5 Å². The first-order valence-corrected chi connectivity index (χ1v) is 12.8. The molecule has 5 heterocycles. The number of ether oxygens (including phenoxy) is 1. The zero-order valence-corrected chi connectivity index (χ0v) is 21.9. The third kappa shape index (κ3) is 5.21. The molecular weight excluding hydrogens is 482 g/mol. The summed E-state index contributed by atoms with van der Waals surface area (Å²) in [6, 6.07) is 8.25. The maximum absolute atomic E-state index is 12.4. The Morgan fingerprint density at radius 2 is 1.95 bits per heavy atom. The lowest BCUT2D eigenvalue weighted by Crippen LogP contribution is -2.49. The zero-order valence-electron chi connectivity index (χ0n) is 21.9. The number of hydrogen-bond donors (Lipinski definition) is 0. The van der Waals surface area contributed by atoms with Crippen molar-refractivity contribution in [3.05, 3.63) is 48.5 Å². The Kier molecular flexibility index (Phi) is 7.33. The van der Waals surface area contributed by atoms with Crippen molar-refractivity contribution in [2.75, 3.05) is 44.8 Å². The molecule has 0 bridgehead atoms. The Labute approximate surface area is 221 Å². The van der Waals surface area contributed by atoms with E-state index in [1.807, 2.05) is 41.7 Å². The van der Waals surface area contributed by atoms with Gasteiger partial charge in [0.05, 0.1) is 36.6 Å². The summed E-state index contributed by atoms with van der Waals surface area (Å²) in [5.74, 6) is 1.45. The molecule has 0 atom stereocenters. The Bertz CT molecular complexity index is 1460. The standard InChI is InChI=1S/C27H31N9O2/c1-19(2)12-26(37)34-8-6-33(7-9-34)25-5-4-20(15-29-25)23-13-21(17-36-27(23)22(14-28)16-30-36)24-18-35(32-31-24)10-11-38-3/h4-5,13,15-19H,6-12H2,1-3H3. The number of fused-ring (bicyclic) bond motifs is 1. The van der Waals surface area contributed by atoms with Gasteiger partial charge in [0.2, 0.25) is 5.91 Å². The average Bonchev–Trinajstić information content (AvgIpc) is 3.58. The number of rotatable bonds is 8. The molecule has 1 amide bonds. The highest BCUT2D eigenvalue weighted by atomic mass is 16.5. The molecule has 4 aromatic rings. The Morgan fingerprint density at radius 1 is 1.13 bits per heavy atom. The molecule has 0 unspecified atom stereocenters. The number of nitrogens with zero attached hydrogens (tertiary/aromatic N) is 9. The van der Waals surface area contributed by atoms with Gasteiger partial charge in [-0.3, -0.25) is 4.79 Å². The van der Waals surface area contributed by atoms with Crippen molar-refractivity contribution in [3.63, 3.8) is 0 Å². The summed E-state index contributed by atoms with van der Waals surface area (Å²) in [5.41, 5.74) is 4.44. The quantitative estimate of drug-likeness (QED) is 0.353. The number of anilines is 1. The molecule has 0 aromatic carbocycles. The van der Waals surface area contributed by atoms with E-state index in [2.05, 4.69) is 40.2 Å². The van der Waals surface area contributed by atoms with Crippen molar-refractivity contribution in [1.29, 1.82) is 5.26 Å². The number of piperazine rings is 1. The second kappa shape index (κ2) is 11.0. The fourth-order valence-corrected chi connectivity index (χ4v) is 4.68. The first kappa shape index (κ1) is 25.4. The van der Waals surface area contributed by atoms with Gasteiger partial charge in [-0.25, -0.2) is 14.2 Å². The molecule has 0 spiro atoms. The first-order chi connectivity index (χ1) is 18.5. The van der Waals surface area contributed by atoms with Crippen LogP contribution in [0.3, 0.4) is 0 Å². The molecule has 1 fully saturated rings. The molecule has 196 valence electrons. The highest BCUT2D eigenvalue weighted by Gasteiger charge is 2.23. The van der Waals surface area contributed by atoms with E-state index >= 15 is 0 Å². The molecule has 1 saturated heterocycles. The van der Waals surface area contributed by atoms with E-state index in [0.29, 0.717) is 49.8 Å². The highest BCUT2D eigenvalue weighted by molar-refractivity contribution is 5.87. The third-order valence-corrected chi connectivity index (χ3v) is 6.69. The van der Waals surface area contributed by atoms with Gasteiger partial charge in [-0.2, -0.15) is 10.4 Å². The molecule has 0 radical (unpaired) electrons. The second-order valence-corrected chi connectivity index (χ2v) is 9.84. The maximum Gasteiger partial charge on any atom is 0.222 e. The summed E-state index contributed by atoms with van der Waals surface area (Å²) in [6.07, 6.45) is 7.70. The van der Waals surface area contributed by atoms with Crippen LogP contribution in [-0.4, -0.2) is 80.3 Å².